The van der Waals surface area contributed by atoms with Crippen molar-refractivity contribution in [3.63, 3.8) is 0 Å². The van der Waals surface area contributed by atoms with Gasteiger partial charge in [-0.1, -0.05) is 17.2 Å². The first-order valence-electron chi connectivity index (χ1n) is 7.34. The van der Waals surface area contributed by atoms with Crippen LogP contribution in [0.15, 0.2) is 36.4 Å². The van der Waals surface area contributed by atoms with Gasteiger partial charge in [0.1, 0.15) is 0 Å². The highest BCUT2D eigenvalue weighted by Crippen LogP contribution is 2.36. The van der Waals surface area contributed by atoms with Crippen molar-refractivity contribution in [1.82, 2.24) is 4.98 Å². The fraction of sp³-hybridized carbons (Fsp3) is 0.167. The van der Waals surface area contributed by atoms with E-state index in [1.165, 1.54) is 6.07 Å². The maximum Gasteiger partial charge on any atom is 0.270 e. The molecule has 5 heteroatoms. The van der Waals surface area contributed by atoms with Gasteiger partial charge in [0.25, 0.3) is 5.69 Å². The van der Waals surface area contributed by atoms with E-state index in [0.29, 0.717) is 0 Å². The summed E-state index contributed by atoms with van der Waals surface area (Å²) >= 11 is 0. The summed E-state index contributed by atoms with van der Waals surface area (Å²) in [5.41, 5.74) is 11.9. The second-order valence-electron chi connectivity index (χ2n) is 5.88. The molecule has 1 atom stereocenters. The second kappa shape index (κ2) is 5.52. The van der Waals surface area contributed by atoms with Crippen LogP contribution in [0, 0.1) is 30.9 Å². The molecular formula is C18H18N3O2. The average Bonchev–Trinajstić information content (AvgIpc) is 2.84. The molecule has 1 aromatic heterocycles. The Balaban J connectivity index is 2.32. The van der Waals surface area contributed by atoms with Crippen molar-refractivity contribution in [2.45, 2.75) is 19.9 Å². The van der Waals surface area contributed by atoms with Crippen LogP contribution in [0.5, 0.6) is 0 Å². The number of nitrogens with one attached hydrogen (secondary N) is 1. The summed E-state index contributed by atoms with van der Waals surface area (Å²) in [6.45, 7) is 8.00. The third-order valence-corrected chi connectivity index (χ3v) is 3.91. The first kappa shape index (κ1) is 15.2. The van der Waals surface area contributed by atoms with E-state index in [1.807, 2.05) is 13.8 Å². The number of aryl methyl sites for hydroxylation is 2. The molecule has 5 nitrogen and oxygen atoms in total. The third kappa shape index (κ3) is 2.71. The topological polar surface area (TPSA) is 85.0 Å². The normalized spacial score (nSPS) is 12.5. The molecular weight excluding hydrogens is 290 g/mol. The fourth-order valence-electron chi connectivity index (χ4n) is 3.05. The molecule has 0 amide bonds. The largest absolute Gasteiger partial charge is 0.354 e. The van der Waals surface area contributed by atoms with Crippen LogP contribution in [-0.4, -0.2) is 9.91 Å². The van der Waals surface area contributed by atoms with Crippen LogP contribution in [0.1, 0.15) is 22.7 Å². The van der Waals surface area contributed by atoms with Gasteiger partial charge in [0.15, 0.2) is 0 Å². The van der Waals surface area contributed by atoms with Gasteiger partial charge in [-0.2, -0.15) is 0 Å². The van der Waals surface area contributed by atoms with Gasteiger partial charge in [-0.15, -0.1) is 0 Å². The van der Waals surface area contributed by atoms with Crippen molar-refractivity contribution in [3.05, 3.63) is 70.1 Å². The fourth-order valence-corrected chi connectivity index (χ4v) is 3.05. The Labute approximate surface area is 134 Å². The number of aromatic amines is 1. The number of hydrogen-bond acceptors (Lipinski definition) is 3. The SMILES string of the molecule is [CH2]C(N)c1c(-c2cc(C)cc(C)c2)[nH]c2ccc([N+](=O)[O-])cc12. The van der Waals surface area contributed by atoms with E-state index in [1.54, 1.807) is 12.1 Å². The molecule has 0 spiro atoms. The van der Waals surface area contributed by atoms with Crippen LogP contribution in [0.4, 0.5) is 5.69 Å². The Bertz CT molecular complexity index is 890. The van der Waals surface area contributed by atoms with Gasteiger partial charge in [-0.25, -0.2) is 0 Å². The van der Waals surface area contributed by atoms with E-state index in [0.717, 1.165) is 38.9 Å². The standard InChI is InChI=1S/C18H18N3O2/c1-10-6-11(2)8-13(7-10)18-17(12(3)19)15-9-14(21(22)23)4-5-16(15)20-18/h4-9,12,20H,3,19H2,1-2H3. The summed E-state index contributed by atoms with van der Waals surface area (Å²) in [5.74, 6) is 0. The molecule has 0 aliphatic heterocycles. The molecule has 3 aromatic rings. The van der Waals surface area contributed by atoms with Gasteiger partial charge in [0.05, 0.1) is 10.6 Å². The molecule has 0 fully saturated rings. The maximum absolute atomic E-state index is 11.0. The predicted octanol–water partition coefficient (Wildman–Crippen LogP) is 4.19. The monoisotopic (exact) mass is 308 g/mol. The first-order chi connectivity index (χ1) is 10.9. The zero-order valence-corrected chi connectivity index (χ0v) is 13.1. The van der Waals surface area contributed by atoms with Crippen molar-refractivity contribution in [2.24, 2.45) is 5.73 Å². The quantitative estimate of drug-likeness (QED) is 0.562. The summed E-state index contributed by atoms with van der Waals surface area (Å²) in [5, 5.41) is 11.8. The second-order valence-corrected chi connectivity index (χ2v) is 5.88. The highest BCUT2D eigenvalue weighted by molar-refractivity contribution is 5.93. The van der Waals surface area contributed by atoms with Gasteiger partial charge in [0.2, 0.25) is 0 Å². The lowest BCUT2D eigenvalue weighted by Gasteiger charge is -2.10. The summed E-state index contributed by atoms with van der Waals surface area (Å²) in [6.07, 6.45) is 0. The van der Waals surface area contributed by atoms with E-state index in [9.17, 15) is 10.1 Å². The van der Waals surface area contributed by atoms with Crippen LogP contribution >= 0.6 is 0 Å². The van der Waals surface area contributed by atoms with Gasteiger partial charge >= 0.3 is 0 Å². The average molecular weight is 308 g/mol. The zero-order valence-electron chi connectivity index (χ0n) is 13.1. The lowest BCUT2D eigenvalue weighted by atomic mass is 9.98. The molecule has 0 aliphatic carbocycles. The van der Waals surface area contributed by atoms with Crippen molar-refractivity contribution in [2.75, 3.05) is 0 Å². The molecule has 0 aliphatic rings. The van der Waals surface area contributed by atoms with Gasteiger partial charge in [-0.05, 0) is 44.5 Å². The molecule has 117 valence electrons. The molecule has 1 radical (unpaired) electrons. The van der Waals surface area contributed by atoms with Crippen molar-refractivity contribution in [1.29, 1.82) is 0 Å². The van der Waals surface area contributed by atoms with Crippen LogP contribution in [0.2, 0.25) is 0 Å². The minimum absolute atomic E-state index is 0.0466. The number of non-ortho nitro benzene ring substituents is 1. The Morgan fingerprint density at radius 1 is 1.17 bits per heavy atom. The molecule has 23 heavy (non-hydrogen) atoms. The van der Waals surface area contributed by atoms with Crippen LogP contribution in [-0.2, 0) is 0 Å². The Morgan fingerprint density at radius 2 is 1.83 bits per heavy atom. The van der Waals surface area contributed by atoms with Crippen LogP contribution < -0.4 is 5.73 Å². The number of nitrogens with zero attached hydrogens (tertiary/aromatic N) is 1. The number of aromatic nitrogens is 1. The molecule has 2 aromatic carbocycles. The molecule has 0 saturated heterocycles. The number of fused-ring (bicyclic) bond motifs is 1. The van der Waals surface area contributed by atoms with Crippen molar-refractivity contribution in [3.8, 4) is 11.3 Å². The number of H-pyrrole nitrogens is 1. The number of nitro benzene ring substituents is 1. The summed E-state index contributed by atoms with van der Waals surface area (Å²) in [7, 11) is 0. The van der Waals surface area contributed by atoms with Crippen molar-refractivity contribution >= 4 is 16.6 Å². The molecule has 1 unspecified atom stereocenters. The smallest absolute Gasteiger partial charge is 0.270 e. The van der Waals surface area contributed by atoms with E-state index >= 15 is 0 Å². The number of nitro groups is 1. The molecule has 3 N–H and O–H groups in total. The Kier molecular flexibility index (Phi) is 3.66. The Hall–Kier alpha value is -2.66. The molecule has 1 heterocycles. The van der Waals surface area contributed by atoms with E-state index in [2.05, 4.69) is 30.1 Å². The summed E-state index contributed by atoms with van der Waals surface area (Å²) < 4.78 is 0. The van der Waals surface area contributed by atoms with E-state index in [-0.39, 0.29) is 5.69 Å². The molecule has 3 rings (SSSR count). The number of rotatable bonds is 3. The lowest BCUT2D eigenvalue weighted by Crippen LogP contribution is -2.06. The Morgan fingerprint density at radius 3 is 2.39 bits per heavy atom. The minimum Gasteiger partial charge on any atom is -0.354 e. The maximum atomic E-state index is 11.0. The summed E-state index contributed by atoms with van der Waals surface area (Å²) in [4.78, 5) is 14.0. The highest BCUT2D eigenvalue weighted by atomic mass is 16.6. The van der Waals surface area contributed by atoms with Gasteiger partial charge < -0.3 is 10.7 Å². The summed E-state index contributed by atoms with van der Waals surface area (Å²) in [6, 6.07) is 10.5. The van der Waals surface area contributed by atoms with Crippen molar-refractivity contribution < 1.29 is 4.92 Å². The lowest BCUT2D eigenvalue weighted by molar-refractivity contribution is -0.384. The van der Waals surface area contributed by atoms with Gasteiger partial charge in [0, 0.05) is 34.6 Å². The number of nitrogens with two attached hydrogens (primary N) is 1. The third-order valence-electron chi connectivity index (χ3n) is 3.91. The van der Waals surface area contributed by atoms with E-state index in [4.69, 9.17) is 5.73 Å². The van der Waals surface area contributed by atoms with E-state index < -0.39 is 11.0 Å². The number of benzene rings is 2. The van der Waals surface area contributed by atoms with Gasteiger partial charge in [-0.3, -0.25) is 10.1 Å². The van der Waals surface area contributed by atoms with Crippen LogP contribution in [0.3, 0.4) is 0 Å². The molecule has 0 bridgehead atoms. The predicted molar refractivity (Wildman–Crippen MR) is 92.1 cm³/mol. The highest BCUT2D eigenvalue weighted by Gasteiger charge is 2.19. The first-order valence-corrected chi connectivity index (χ1v) is 7.34. The number of hydrogen-bond donors (Lipinski definition) is 2. The van der Waals surface area contributed by atoms with Crippen LogP contribution in [0.25, 0.3) is 22.2 Å². The minimum atomic E-state index is -0.485. The zero-order chi connectivity index (χ0) is 16.7. The molecule has 0 saturated carbocycles.